The summed E-state index contributed by atoms with van der Waals surface area (Å²) in [4.78, 5) is 15.8. The van der Waals surface area contributed by atoms with Crippen molar-refractivity contribution in [3.63, 3.8) is 0 Å². The minimum absolute atomic E-state index is 0.657. The maximum Gasteiger partial charge on any atom is 0.187 e. The number of aryl methyl sites for hydroxylation is 1. The molecular formula is C24H29N5. The molecule has 0 bridgehead atoms. The summed E-state index contributed by atoms with van der Waals surface area (Å²) in [6, 6.07) is 7.87. The smallest absolute Gasteiger partial charge is 0.187 e. The van der Waals surface area contributed by atoms with Gasteiger partial charge in [-0.2, -0.15) is 0 Å². The fourth-order valence-electron chi connectivity index (χ4n) is 4.86. The quantitative estimate of drug-likeness (QED) is 0.761. The Hall–Kier alpha value is -2.45. The maximum atomic E-state index is 7.22. The van der Waals surface area contributed by atoms with E-state index < -0.39 is 0 Å². The third-order valence-electron chi connectivity index (χ3n) is 7.15. The Bertz CT molecular complexity index is 894. The van der Waals surface area contributed by atoms with Crippen molar-refractivity contribution in [3.05, 3.63) is 47.7 Å². The van der Waals surface area contributed by atoms with Crippen LogP contribution >= 0.6 is 0 Å². The van der Waals surface area contributed by atoms with Crippen molar-refractivity contribution in [2.45, 2.75) is 44.9 Å². The van der Waals surface area contributed by atoms with E-state index in [9.17, 15) is 0 Å². The Morgan fingerprint density at radius 3 is 2.59 bits per heavy atom. The molecule has 1 aromatic heterocycles. The highest BCUT2D eigenvalue weighted by Crippen LogP contribution is 2.54. The van der Waals surface area contributed by atoms with Gasteiger partial charge < -0.3 is 10.2 Å². The van der Waals surface area contributed by atoms with Crippen LogP contribution in [0.3, 0.4) is 0 Å². The fraction of sp³-hybridized carbons (Fsp3) is 0.542. The van der Waals surface area contributed by atoms with Gasteiger partial charge in [0.25, 0.3) is 0 Å². The van der Waals surface area contributed by atoms with Crippen molar-refractivity contribution in [2.75, 3.05) is 31.1 Å². The van der Waals surface area contributed by atoms with Crippen LogP contribution in [0, 0.1) is 17.9 Å². The van der Waals surface area contributed by atoms with E-state index in [-0.39, 0.29) is 0 Å². The lowest BCUT2D eigenvalue weighted by atomic mass is 9.93. The molecule has 1 N–H and O–H groups in total. The van der Waals surface area contributed by atoms with E-state index >= 15 is 0 Å². The van der Waals surface area contributed by atoms with Crippen molar-refractivity contribution in [1.29, 1.82) is 0 Å². The second kappa shape index (κ2) is 7.76. The first kappa shape index (κ1) is 18.6. The molecule has 3 aliphatic rings. The summed E-state index contributed by atoms with van der Waals surface area (Å²) in [7, 11) is 0. The molecule has 1 aliphatic carbocycles. The lowest BCUT2D eigenvalue weighted by Gasteiger charge is -2.34. The van der Waals surface area contributed by atoms with Crippen molar-refractivity contribution >= 4 is 11.4 Å². The van der Waals surface area contributed by atoms with E-state index in [0.717, 1.165) is 67.7 Å². The third kappa shape index (κ3) is 4.00. The van der Waals surface area contributed by atoms with E-state index in [2.05, 4.69) is 21.3 Å². The second-order valence-electron chi connectivity index (χ2n) is 9.06. The molecule has 3 heterocycles. The number of benzene rings is 1. The second-order valence-corrected chi connectivity index (χ2v) is 9.06. The molecule has 2 aromatic rings. The highest BCUT2D eigenvalue weighted by Gasteiger charge is 2.44. The SMILES string of the molecule is [C-]#[N+]c1ccc(-c2nc(CC[C@H]3CCNC3)ncc2N2CCC3(CC2)CC3)cc1. The van der Waals surface area contributed by atoms with Gasteiger partial charge >= 0.3 is 0 Å². The van der Waals surface area contributed by atoms with Gasteiger partial charge in [-0.15, -0.1) is 0 Å². The van der Waals surface area contributed by atoms with Gasteiger partial charge in [0.15, 0.2) is 5.69 Å². The minimum atomic E-state index is 0.657. The number of nitrogens with one attached hydrogen (secondary N) is 1. The van der Waals surface area contributed by atoms with Crippen LogP contribution in [0.25, 0.3) is 16.1 Å². The van der Waals surface area contributed by atoms with E-state index in [4.69, 9.17) is 16.5 Å². The molecule has 0 radical (unpaired) electrons. The number of nitrogens with zero attached hydrogens (tertiary/aromatic N) is 4. The molecule has 1 saturated carbocycles. The lowest BCUT2D eigenvalue weighted by molar-refractivity contribution is 0.384. The number of piperidine rings is 1. The average Bonchev–Trinajstić information content (AvgIpc) is 3.31. The molecule has 1 atom stereocenters. The monoisotopic (exact) mass is 387 g/mol. The molecule has 5 heteroatoms. The molecule has 5 nitrogen and oxygen atoms in total. The van der Waals surface area contributed by atoms with E-state index in [1.54, 1.807) is 0 Å². The molecular weight excluding hydrogens is 358 g/mol. The van der Waals surface area contributed by atoms with Crippen LogP contribution in [0.15, 0.2) is 30.5 Å². The average molecular weight is 388 g/mol. The van der Waals surface area contributed by atoms with Crippen LogP contribution in [0.4, 0.5) is 11.4 Å². The molecule has 5 rings (SSSR count). The van der Waals surface area contributed by atoms with Crippen molar-refractivity contribution < 1.29 is 0 Å². The number of hydrogen-bond acceptors (Lipinski definition) is 4. The summed E-state index contributed by atoms with van der Waals surface area (Å²) in [5, 5.41) is 3.45. The molecule has 2 saturated heterocycles. The van der Waals surface area contributed by atoms with Crippen LogP contribution in [-0.2, 0) is 6.42 Å². The topological polar surface area (TPSA) is 45.4 Å². The predicted molar refractivity (Wildman–Crippen MR) is 116 cm³/mol. The predicted octanol–water partition coefficient (Wildman–Crippen LogP) is 4.62. The first-order valence-corrected chi connectivity index (χ1v) is 11.0. The zero-order valence-electron chi connectivity index (χ0n) is 17.0. The van der Waals surface area contributed by atoms with Crippen LogP contribution < -0.4 is 10.2 Å². The number of anilines is 1. The first-order chi connectivity index (χ1) is 14.2. The van der Waals surface area contributed by atoms with Crippen LogP contribution in [-0.4, -0.2) is 36.1 Å². The molecule has 3 fully saturated rings. The molecule has 2 aliphatic heterocycles. The molecule has 29 heavy (non-hydrogen) atoms. The Kier molecular flexibility index (Phi) is 4.97. The molecule has 1 spiro atoms. The van der Waals surface area contributed by atoms with Gasteiger partial charge in [-0.05, 0) is 68.5 Å². The van der Waals surface area contributed by atoms with Gasteiger partial charge in [-0.1, -0.05) is 24.3 Å². The third-order valence-corrected chi connectivity index (χ3v) is 7.15. The number of hydrogen-bond donors (Lipinski definition) is 1. The summed E-state index contributed by atoms with van der Waals surface area (Å²) in [5.41, 5.74) is 4.60. The molecule has 150 valence electrons. The van der Waals surface area contributed by atoms with E-state index in [0.29, 0.717) is 11.1 Å². The summed E-state index contributed by atoms with van der Waals surface area (Å²) < 4.78 is 0. The normalized spacial score (nSPS) is 22.6. The molecule has 0 amide bonds. The molecule has 0 unspecified atom stereocenters. The number of aromatic nitrogens is 2. The largest absolute Gasteiger partial charge is 0.368 e. The highest BCUT2D eigenvalue weighted by atomic mass is 15.2. The highest BCUT2D eigenvalue weighted by molar-refractivity contribution is 5.75. The van der Waals surface area contributed by atoms with Crippen LogP contribution in [0.1, 0.15) is 44.3 Å². The minimum Gasteiger partial charge on any atom is -0.368 e. The van der Waals surface area contributed by atoms with Gasteiger partial charge in [-0.25, -0.2) is 14.8 Å². The first-order valence-electron chi connectivity index (χ1n) is 11.0. The van der Waals surface area contributed by atoms with Crippen molar-refractivity contribution in [3.8, 4) is 11.3 Å². The lowest BCUT2D eigenvalue weighted by Crippen LogP contribution is -2.35. The van der Waals surface area contributed by atoms with Crippen LogP contribution in [0.5, 0.6) is 0 Å². The van der Waals surface area contributed by atoms with E-state index in [1.165, 1.54) is 32.1 Å². The van der Waals surface area contributed by atoms with Gasteiger partial charge in [0.2, 0.25) is 0 Å². The zero-order valence-corrected chi connectivity index (χ0v) is 17.0. The Morgan fingerprint density at radius 1 is 1.14 bits per heavy atom. The summed E-state index contributed by atoms with van der Waals surface area (Å²) in [6.07, 6.45) is 10.8. The summed E-state index contributed by atoms with van der Waals surface area (Å²) in [6.45, 7) is 11.7. The summed E-state index contributed by atoms with van der Waals surface area (Å²) in [5.74, 6) is 1.69. The van der Waals surface area contributed by atoms with Crippen molar-refractivity contribution in [2.24, 2.45) is 11.3 Å². The van der Waals surface area contributed by atoms with Gasteiger partial charge in [0, 0.05) is 19.5 Å². The van der Waals surface area contributed by atoms with Crippen molar-refractivity contribution in [1.82, 2.24) is 15.3 Å². The van der Waals surface area contributed by atoms with Gasteiger partial charge in [-0.3, -0.25) is 0 Å². The summed E-state index contributed by atoms with van der Waals surface area (Å²) >= 11 is 0. The van der Waals surface area contributed by atoms with Gasteiger partial charge in [0.05, 0.1) is 24.2 Å². The molecule has 1 aromatic carbocycles. The van der Waals surface area contributed by atoms with E-state index in [1.807, 2.05) is 24.3 Å². The zero-order chi connectivity index (χ0) is 19.7. The maximum absolute atomic E-state index is 7.22. The standard InChI is InChI=1S/C24H29N5/c1-25-20-5-3-19(4-6-20)23-21(29-14-11-24(9-10-24)12-15-29)17-27-22(28-23)7-2-18-8-13-26-16-18/h3-6,17-18,26H,2,7-16H2/t18-/m0/s1. The Balaban J connectivity index is 1.41. The Morgan fingerprint density at radius 2 is 1.93 bits per heavy atom. The van der Waals surface area contributed by atoms with Gasteiger partial charge in [0.1, 0.15) is 5.82 Å². The fourth-order valence-corrected chi connectivity index (χ4v) is 4.86. The van der Waals surface area contributed by atoms with Crippen LogP contribution in [0.2, 0.25) is 0 Å². The number of rotatable bonds is 5. The Labute approximate surface area is 173 Å².